The first-order valence-electron chi connectivity index (χ1n) is 16.9. The molecule has 0 fully saturated rings. The van der Waals surface area contributed by atoms with Gasteiger partial charge in [-0.2, -0.15) is 0 Å². The van der Waals surface area contributed by atoms with E-state index in [0.29, 0.717) is 0 Å². The van der Waals surface area contributed by atoms with Crippen molar-refractivity contribution in [3.63, 3.8) is 0 Å². The molecule has 4 aliphatic rings. The van der Waals surface area contributed by atoms with Crippen molar-refractivity contribution in [1.82, 2.24) is 0 Å². The van der Waals surface area contributed by atoms with Gasteiger partial charge in [0.2, 0.25) is 0 Å². The van der Waals surface area contributed by atoms with Gasteiger partial charge in [0.15, 0.2) is 0 Å². The fraction of sp³-hybridized carbons (Fsp3) is 0.0417. The third-order valence-electron chi connectivity index (χ3n) is 11.5. The molecule has 0 atom stereocenters. The molecular formula is C48H30. The first-order valence-corrected chi connectivity index (χ1v) is 16.9. The van der Waals surface area contributed by atoms with E-state index in [0.717, 1.165) is 0 Å². The Morgan fingerprint density at radius 1 is 0.250 bits per heavy atom. The van der Waals surface area contributed by atoms with E-state index in [-0.39, 0.29) is 10.8 Å². The molecule has 0 heteroatoms. The Balaban J connectivity index is 1.12. The van der Waals surface area contributed by atoms with Gasteiger partial charge in [-0.05, 0) is 101 Å². The van der Waals surface area contributed by atoms with E-state index < -0.39 is 0 Å². The van der Waals surface area contributed by atoms with Gasteiger partial charge in [-0.1, -0.05) is 170 Å². The monoisotopic (exact) mass is 606 g/mol. The van der Waals surface area contributed by atoms with Gasteiger partial charge in [-0.25, -0.2) is 0 Å². The van der Waals surface area contributed by atoms with E-state index in [4.69, 9.17) is 0 Å². The first kappa shape index (κ1) is 26.1. The summed E-state index contributed by atoms with van der Waals surface area (Å²) < 4.78 is 0. The molecule has 0 radical (unpaired) electrons. The topological polar surface area (TPSA) is 0 Å². The summed E-state index contributed by atoms with van der Waals surface area (Å²) in [5.74, 6) is 0. The molecule has 0 unspecified atom stereocenters. The van der Waals surface area contributed by atoms with Crippen molar-refractivity contribution >= 4 is 23.3 Å². The second-order valence-corrected chi connectivity index (χ2v) is 13.6. The maximum atomic E-state index is 2.44. The van der Waals surface area contributed by atoms with Crippen LogP contribution in [0.1, 0.15) is 55.6 Å². The number of hydrogen-bond donors (Lipinski definition) is 0. The largest absolute Gasteiger partial charge is 0.0725 e. The van der Waals surface area contributed by atoms with Gasteiger partial charge in [0.25, 0.3) is 0 Å². The predicted molar refractivity (Wildman–Crippen MR) is 199 cm³/mol. The Hall–Kier alpha value is -5.98. The molecular weight excluding hydrogens is 577 g/mol. The molecule has 0 amide bonds. The van der Waals surface area contributed by atoms with Crippen LogP contribution in [0, 0.1) is 0 Å². The van der Waals surface area contributed by atoms with Gasteiger partial charge in [0.1, 0.15) is 0 Å². The molecule has 4 aliphatic carbocycles. The zero-order chi connectivity index (χ0) is 31.5. The molecule has 0 saturated heterocycles. The summed E-state index contributed by atoms with van der Waals surface area (Å²) in [7, 11) is 0. The van der Waals surface area contributed by atoms with E-state index in [1.807, 2.05) is 0 Å². The maximum absolute atomic E-state index is 2.44. The lowest BCUT2D eigenvalue weighted by Crippen LogP contribution is -2.27. The van der Waals surface area contributed by atoms with Crippen molar-refractivity contribution < 1.29 is 0 Å². The molecule has 2 spiro atoms. The van der Waals surface area contributed by atoms with Crippen LogP contribution in [0.5, 0.6) is 0 Å². The van der Waals surface area contributed by atoms with E-state index in [1.54, 1.807) is 0 Å². The van der Waals surface area contributed by atoms with Crippen molar-refractivity contribution in [2.75, 3.05) is 0 Å². The molecule has 48 heavy (non-hydrogen) atoms. The highest BCUT2D eigenvalue weighted by atomic mass is 14.5. The van der Waals surface area contributed by atoms with Crippen LogP contribution < -0.4 is 0 Å². The third kappa shape index (κ3) is 3.02. The lowest BCUT2D eigenvalue weighted by Gasteiger charge is -2.34. The molecule has 0 nitrogen and oxygen atoms in total. The summed E-state index contributed by atoms with van der Waals surface area (Å²) in [4.78, 5) is 0. The summed E-state index contributed by atoms with van der Waals surface area (Å²) in [5, 5.41) is 0. The Morgan fingerprint density at radius 2 is 0.521 bits per heavy atom. The normalized spacial score (nSPS) is 16.1. The lowest BCUT2D eigenvalue weighted by molar-refractivity contribution is 0.839. The van der Waals surface area contributed by atoms with Gasteiger partial charge in [-0.3, -0.25) is 0 Å². The van der Waals surface area contributed by atoms with Gasteiger partial charge < -0.3 is 0 Å². The zero-order valence-corrected chi connectivity index (χ0v) is 26.3. The lowest BCUT2D eigenvalue weighted by atomic mass is 9.67. The number of rotatable bonds is 2. The van der Waals surface area contributed by atoms with Gasteiger partial charge in [-0.15, -0.1) is 0 Å². The van der Waals surface area contributed by atoms with Crippen molar-refractivity contribution in [1.29, 1.82) is 0 Å². The summed E-state index contributed by atoms with van der Waals surface area (Å²) in [6.45, 7) is 0. The first-order chi connectivity index (χ1) is 23.8. The molecule has 7 aromatic rings. The summed E-state index contributed by atoms with van der Waals surface area (Å²) in [5.41, 5.74) is 20.7. The maximum Gasteiger partial charge on any atom is 0.0725 e. The van der Waals surface area contributed by atoms with Crippen LogP contribution in [0.15, 0.2) is 170 Å². The average Bonchev–Trinajstić information content (AvgIpc) is 3.87. The van der Waals surface area contributed by atoms with E-state index >= 15 is 0 Å². The quantitative estimate of drug-likeness (QED) is 0.184. The number of fused-ring (bicyclic) bond motifs is 14. The highest BCUT2D eigenvalue weighted by Gasteiger charge is 2.52. The smallest absolute Gasteiger partial charge is 0.0619 e. The molecule has 0 aromatic heterocycles. The molecule has 222 valence electrons. The van der Waals surface area contributed by atoms with Crippen LogP contribution in [0.4, 0.5) is 0 Å². The molecule has 0 saturated carbocycles. The SMILES string of the molecule is C1=C(c2ccc(C3=Cc4ccccc4C34c3ccccc3-c3ccccc34)cc2)C2(c3ccccc31)c1ccccc1-c1ccccc12. The number of hydrogen-bond acceptors (Lipinski definition) is 0. The average molecular weight is 607 g/mol. The fourth-order valence-electron chi connectivity index (χ4n) is 9.81. The van der Waals surface area contributed by atoms with Crippen LogP contribution in [-0.2, 0) is 10.8 Å². The molecule has 7 aromatic carbocycles. The van der Waals surface area contributed by atoms with Crippen LogP contribution in [0.3, 0.4) is 0 Å². The van der Waals surface area contributed by atoms with Crippen LogP contribution in [-0.4, -0.2) is 0 Å². The molecule has 0 bridgehead atoms. The highest BCUT2D eigenvalue weighted by Crippen LogP contribution is 2.64. The van der Waals surface area contributed by atoms with Gasteiger partial charge in [0.05, 0.1) is 10.8 Å². The number of allylic oxidation sites excluding steroid dienone is 2. The van der Waals surface area contributed by atoms with Crippen LogP contribution >= 0.6 is 0 Å². The van der Waals surface area contributed by atoms with Crippen molar-refractivity contribution in [2.24, 2.45) is 0 Å². The van der Waals surface area contributed by atoms with Crippen molar-refractivity contribution in [2.45, 2.75) is 10.8 Å². The Bertz CT molecular complexity index is 2280. The van der Waals surface area contributed by atoms with Crippen molar-refractivity contribution in [3.8, 4) is 22.3 Å². The van der Waals surface area contributed by atoms with Gasteiger partial charge >= 0.3 is 0 Å². The zero-order valence-electron chi connectivity index (χ0n) is 26.3. The number of benzene rings is 7. The van der Waals surface area contributed by atoms with E-state index in [2.05, 4.69) is 182 Å². The Kier molecular flexibility index (Phi) is 5.07. The second-order valence-electron chi connectivity index (χ2n) is 13.6. The van der Waals surface area contributed by atoms with Crippen LogP contribution in [0.2, 0.25) is 0 Å². The minimum atomic E-state index is -0.348. The Labute approximate surface area is 281 Å². The van der Waals surface area contributed by atoms with Gasteiger partial charge in [0, 0.05) is 0 Å². The fourth-order valence-corrected chi connectivity index (χ4v) is 9.81. The molecule has 0 heterocycles. The minimum Gasteiger partial charge on any atom is -0.0619 e. The predicted octanol–water partition coefficient (Wildman–Crippen LogP) is 11.4. The Morgan fingerprint density at radius 3 is 0.854 bits per heavy atom. The summed E-state index contributed by atoms with van der Waals surface area (Å²) >= 11 is 0. The highest BCUT2D eigenvalue weighted by molar-refractivity contribution is 6.07. The standard InChI is InChI=1S/C48H30/c1-7-19-39-33(13-1)29-45(47(39)41-21-9-3-15-35(41)36-16-4-10-22-42(36)47)31-25-27-32(28-26-31)46-30-34-14-2-8-20-40(34)48(46)43-23-11-5-17-37(43)38-18-6-12-24-44(38)48/h1-30H. The second kappa shape index (κ2) is 9.31. The molecule has 0 aliphatic heterocycles. The molecule has 11 rings (SSSR count). The van der Waals surface area contributed by atoms with Crippen LogP contribution in [0.25, 0.3) is 45.6 Å². The minimum absolute atomic E-state index is 0.348. The molecule has 0 N–H and O–H groups in total. The van der Waals surface area contributed by atoms with Crippen molar-refractivity contribution in [3.05, 3.63) is 225 Å². The summed E-state index contributed by atoms with van der Waals surface area (Å²) in [6, 6.07) is 63.6. The van der Waals surface area contributed by atoms with E-state index in [9.17, 15) is 0 Å². The third-order valence-corrected chi connectivity index (χ3v) is 11.5. The summed E-state index contributed by atoms with van der Waals surface area (Å²) in [6.07, 6.45) is 4.89. The van der Waals surface area contributed by atoms with E-state index in [1.165, 1.54) is 89.0 Å².